The van der Waals surface area contributed by atoms with Crippen LogP contribution in [0, 0.1) is 6.92 Å². The number of aryl methyl sites for hydroxylation is 1. The summed E-state index contributed by atoms with van der Waals surface area (Å²) in [5.41, 5.74) is 0.507. The van der Waals surface area contributed by atoms with Crippen LogP contribution in [0.25, 0.3) is 0 Å². The van der Waals surface area contributed by atoms with Crippen molar-refractivity contribution < 1.29 is 13.2 Å². The van der Waals surface area contributed by atoms with Crippen LogP contribution in [0.5, 0.6) is 0 Å². The molecule has 2 heterocycles. The summed E-state index contributed by atoms with van der Waals surface area (Å²) in [5, 5.41) is 11.9. The number of aromatic nitrogens is 3. The summed E-state index contributed by atoms with van der Waals surface area (Å²) in [5.74, 6) is -0.00150. The van der Waals surface area contributed by atoms with E-state index in [-0.39, 0.29) is 21.7 Å². The number of sulfonamides is 1. The smallest absolute Gasteiger partial charge is 0.263 e. The number of nitrogens with zero attached hydrogens (tertiary/aromatic N) is 3. The number of thioether (sulfide) groups is 1. The average molecular weight is 422 g/mol. The molecule has 0 aliphatic heterocycles. The van der Waals surface area contributed by atoms with E-state index in [2.05, 4.69) is 25.2 Å². The summed E-state index contributed by atoms with van der Waals surface area (Å²) >= 11 is 2.47. The summed E-state index contributed by atoms with van der Waals surface area (Å²) < 4.78 is 27.0. The van der Waals surface area contributed by atoms with E-state index in [0.717, 1.165) is 16.4 Å². The highest BCUT2D eigenvalue weighted by Crippen LogP contribution is 2.21. The van der Waals surface area contributed by atoms with E-state index in [1.807, 2.05) is 12.1 Å². The highest BCUT2D eigenvalue weighted by Gasteiger charge is 2.16. The number of benzene rings is 1. The Balaban J connectivity index is 1.58. The normalized spacial score (nSPS) is 11.1. The molecule has 0 aliphatic carbocycles. The first kappa shape index (κ1) is 19.3. The first-order valence-electron chi connectivity index (χ1n) is 7.69. The van der Waals surface area contributed by atoms with E-state index >= 15 is 0 Å². The van der Waals surface area contributed by atoms with Crippen LogP contribution in [0.3, 0.4) is 0 Å². The second-order valence-electron chi connectivity index (χ2n) is 5.26. The molecule has 0 unspecified atom stereocenters. The number of carbonyl (C=O) groups excluding carboxylic acids is 1. The Morgan fingerprint density at radius 2 is 1.93 bits per heavy atom. The number of hydrogen-bond acceptors (Lipinski definition) is 8. The van der Waals surface area contributed by atoms with Crippen LogP contribution in [0.1, 0.15) is 5.01 Å². The van der Waals surface area contributed by atoms with Crippen molar-refractivity contribution in [2.75, 3.05) is 15.8 Å². The molecule has 0 bridgehead atoms. The summed E-state index contributed by atoms with van der Waals surface area (Å²) in [7, 11) is -3.76. The number of nitrogens with one attached hydrogen (secondary N) is 2. The number of carbonyl (C=O) groups is 1. The molecule has 27 heavy (non-hydrogen) atoms. The lowest BCUT2D eigenvalue weighted by Crippen LogP contribution is -2.15. The van der Waals surface area contributed by atoms with Gasteiger partial charge in [-0.1, -0.05) is 29.2 Å². The van der Waals surface area contributed by atoms with Gasteiger partial charge in [0.25, 0.3) is 10.0 Å². The monoisotopic (exact) mass is 421 g/mol. The maximum Gasteiger partial charge on any atom is 0.263 e. The van der Waals surface area contributed by atoms with Crippen molar-refractivity contribution in [2.45, 2.75) is 16.8 Å². The van der Waals surface area contributed by atoms with Gasteiger partial charge in [0.15, 0.2) is 0 Å². The lowest BCUT2D eigenvalue weighted by atomic mass is 10.3. The van der Waals surface area contributed by atoms with Crippen LogP contribution in [0.4, 0.5) is 10.8 Å². The fraction of sp³-hybridized carbons (Fsp3) is 0.125. The minimum absolute atomic E-state index is 0.0659. The van der Waals surface area contributed by atoms with Gasteiger partial charge in [0, 0.05) is 11.9 Å². The van der Waals surface area contributed by atoms with Crippen LogP contribution in [-0.2, 0) is 14.8 Å². The topological polar surface area (TPSA) is 114 Å². The van der Waals surface area contributed by atoms with E-state index in [1.165, 1.54) is 36.0 Å². The van der Waals surface area contributed by atoms with E-state index in [4.69, 9.17) is 0 Å². The van der Waals surface area contributed by atoms with Crippen molar-refractivity contribution >= 4 is 49.8 Å². The molecule has 0 saturated heterocycles. The standard InChI is InChI=1S/C16H15N5O3S3/c1-11-19-20-16(26-11)21-27(23,24)13-7-5-12(6-8-13)18-14(22)10-25-15-4-2-3-9-17-15/h2-9H,10H2,1H3,(H,18,22)(H,20,21). The van der Waals surface area contributed by atoms with E-state index in [1.54, 1.807) is 19.2 Å². The largest absolute Gasteiger partial charge is 0.325 e. The van der Waals surface area contributed by atoms with E-state index < -0.39 is 10.0 Å². The number of rotatable bonds is 7. The Kier molecular flexibility index (Phi) is 6.04. The van der Waals surface area contributed by atoms with Crippen LogP contribution < -0.4 is 10.0 Å². The van der Waals surface area contributed by atoms with Crippen LogP contribution >= 0.6 is 23.1 Å². The first-order chi connectivity index (χ1) is 12.9. The van der Waals surface area contributed by atoms with Gasteiger partial charge >= 0.3 is 0 Å². The fourth-order valence-corrected chi connectivity index (χ4v) is 4.48. The van der Waals surface area contributed by atoms with Gasteiger partial charge in [0.1, 0.15) is 5.01 Å². The van der Waals surface area contributed by atoms with E-state index in [9.17, 15) is 13.2 Å². The minimum atomic E-state index is -3.76. The van der Waals surface area contributed by atoms with Gasteiger partial charge in [0.05, 0.1) is 15.7 Å². The average Bonchev–Trinajstić information content (AvgIpc) is 3.05. The number of hydrogen-bond donors (Lipinski definition) is 2. The lowest BCUT2D eigenvalue weighted by Gasteiger charge is -2.07. The number of pyridine rings is 1. The van der Waals surface area contributed by atoms with Crippen molar-refractivity contribution in [3.8, 4) is 0 Å². The molecule has 11 heteroatoms. The zero-order valence-corrected chi connectivity index (χ0v) is 16.6. The molecule has 0 aliphatic rings. The molecule has 8 nitrogen and oxygen atoms in total. The molecule has 1 amide bonds. The molecule has 0 atom stereocenters. The molecule has 0 fully saturated rings. The van der Waals surface area contributed by atoms with Gasteiger partial charge < -0.3 is 5.32 Å². The molecule has 2 N–H and O–H groups in total. The summed E-state index contributed by atoms with van der Waals surface area (Å²) in [6.45, 7) is 1.74. The Morgan fingerprint density at radius 1 is 1.15 bits per heavy atom. The van der Waals surface area contributed by atoms with Gasteiger partial charge in [-0.25, -0.2) is 13.4 Å². The quantitative estimate of drug-likeness (QED) is 0.564. The second kappa shape index (κ2) is 8.46. The Labute approximate surface area is 164 Å². The van der Waals surface area contributed by atoms with Crippen LogP contribution in [0.15, 0.2) is 58.6 Å². The maximum absolute atomic E-state index is 12.3. The third-order valence-electron chi connectivity index (χ3n) is 3.18. The fourth-order valence-electron chi connectivity index (χ4n) is 2.00. The summed E-state index contributed by atoms with van der Waals surface area (Å²) in [6, 6.07) is 11.4. The van der Waals surface area contributed by atoms with Gasteiger partial charge in [0.2, 0.25) is 11.0 Å². The molecule has 0 saturated carbocycles. The predicted molar refractivity (Wildman–Crippen MR) is 105 cm³/mol. The Hall–Kier alpha value is -2.50. The number of amides is 1. The maximum atomic E-state index is 12.3. The van der Waals surface area contributed by atoms with Crippen molar-refractivity contribution in [3.63, 3.8) is 0 Å². The summed E-state index contributed by atoms with van der Waals surface area (Å²) in [6.07, 6.45) is 1.66. The van der Waals surface area contributed by atoms with Crippen LogP contribution in [0.2, 0.25) is 0 Å². The molecule has 1 aromatic carbocycles. The lowest BCUT2D eigenvalue weighted by molar-refractivity contribution is -0.113. The Morgan fingerprint density at radius 3 is 2.56 bits per heavy atom. The molecule has 140 valence electrons. The van der Waals surface area contributed by atoms with Crippen molar-refractivity contribution in [3.05, 3.63) is 53.7 Å². The molecular formula is C16H15N5O3S3. The van der Waals surface area contributed by atoms with Gasteiger partial charge in [-0.3, -0.25) is 9.52 Å². The van der Waals surface area contributed by atoms with Crippen molar-refractivity contribution in [1.82, 2.24) is 15.2 Å². The first-order valence-corrected chi connectivity index (χ1v) is 11.0. The predicted octanol–water partition coefficient (Wildman–Crippen LogP) is 2.77. The third-order valence-corrected chi connectivity index (χ3v) is 6.37. The Bertz CT molecular complexity index is 1020. The highest BCUT2D eigenvalue weighted by molar-refractivity contribution is 7.99. The van der Waals surface area contributed by atoms with Gasteiger partial charge in [-0.05, 0) is 43.3 Å². The minimum Gasteiger partial charge on any atom is -0.325 e. The number of anilines is 2. The van der Waals surface area contributed by atoms with Crippen LogP contribution in [-0.4, -0.2) is 35.3 Å². The molecule has 2 aromatic heterocycles. The zero-order chi connectivity index (χ0) is 19.3. The zero-order valence-electron chi connectivity index (χ0n) is 14.1. The van der Waals surface area contributed by atoms with Crippen molar-refractivity contribution in [2.24, 2.45) is 0 Å². The SMILES string of the molecule is Cc1nnc(NS(=O)(=O)c2ccc(NC(=O)CSc3ccccn3)cc2)s1. The third kappa shape index (κ3) is 5.49. The van der Waals surface area contributed by atoms with Gasteiger partial charge in [-0.2, -0.15) is 0 Å². The molecule has 3 rings (SSSR count). The molecule has 3 aromatic rings. The van der Waals surface area contributed by atoms with Gasteiger partial charge in [-0.15, -0.1) is 10.2 Å². The second-order valence-corrected chi connectivity index (χ2v) is 9.12. The summed E-state index contributed by atoms with van der Waals surface area (Å²) in [4.78, 5) is 16.2. The molecule has 0 spiro atoms. The molecular weight excluding hydrogens is 406 g/mol. The van der Waals surface area contributed by atoms with Crippen molar-refractivity contribution in [1.29, 1.82) is 0 Å². The highest BCUT2D eigenvalue weighted by atomic mass is 32.2. The molecule has 0 radical (unpaired) electrons. The van der Waals surface area contributed by atoms with E-state index in [0.29, 0.717) is 10.7 Å².